The van der Waals surface area contributed by atoms with Gasteiger partial charge in [0.2, 0.25) is 0 Å². The lowest BCUT2D eigenvalue weighted by Gasteiger charge is -2.52. The zero-order valence-electron chi connectivity index (χ0n) is 14.8. The van der Waals surface area contributed by atoms with Gasteiger partial charge in [-0.05, 0) is 57.9 Å². The standard InChI is InChI=1S/C18H36N2O/c1-6-9-19-16-8-7-15(14(2)3)12-17(16)20-10-11-21-13-18(20,4)5/h14-17,19H,6-13H2,1-5H3. The van der Waals surface area contributed by atoms with Crippen LogP contribution >= 0.6 is 0 Å². The van der Waals surface area contributed by atoms with Crippen LogP contribution in [0.25, 0.3) is 0 Å². The minimum Gasteiger partial charge on any atom is -0.378 e. The highest BCUT2D eigenvalue weighted by atomic mass is 16.5. The lowest BCUT2D eigenvalue weighted by molar-refractivity contribution is -0.0900. The number of ether oxygens (including phenoxy) is 1. The van der Waals surface area contributed by atoms with Gasteiger partial charge in [-0.25, -0.2) is 0 Å². The molecule has 1 saturated carbocycles. The first kappa shape index (κ1) is 17.2. The number of morpholine rings is 1. The van der Waals surface area contributed by atoms with E-state index in [2.05, 4.69) is 44.8 Å². The Kier molecular flexibility index (Phi) is 6.10. The molecule has 0 aromatic carbocycles. The summed E-state index contributed by atoms with van der Waals surface area (Å²) in [6, 6.07) is 1.34. The largest absolute Gasteiger partial charge is 0.378 e. The second-order valence-electron chi connectivity index (χ2n) is 8.00. The number of rotatable bonds is 5. The topological polar surface area (TPSA) is 24.5 Å². The summed E-state index contributed by atoms with van der Waals surface area (Å²) in [4.78, 5) is 2.75. The van der Waals surface area contributed by atoms with Crippen LogP contribution < -0.4 is 5.32 Å². The first-order chi connectivity index (χ1) is 9.95. The van der Waals surface area contributed by atoms with Crippen LogP contribution in [0.1, 0.15) is 60.3 Å². The molecular formula is C18H36N2O. The van der Waals surface area contributed by atoms with E-state index >= 15 is 0 Å². The molecule has 1 heterocycles. The summed E-state index contributed by atoms with van der Waals surface area (Å²) in [7, 11) is 0. The highest BCUT2D eigenvalue weighted by Gasteiger charge is 2.42. The molecule has 0 amide bonds. The van der Waals surface area contributed by atoms with E-state index in [-0.39, 0.29) is 5.54 Å². The van der Waals surface area contributed by atoms with Crippen molar-refractivity contribution in [1.29, 1.82) is 0 Å². The minimum absolute atomic E-state index is 0.175. The van der Waals surface area contributed by atoms with Crippen LogP contribution in [-0.2, 0) is 4.74 Å². The third-order valence-electron chi connectivity index (χ3n) is 5.57. The third-order valence-corrected chi connectivity index (χ3v) is 5.57. The molecule has 1 aliphatic heterocycles. The number of nitrogens with zero attached hydrogens (tertiary/aromatic N) is 1. The van der Waals surface area contributed by atoms with Crippen molar-refractivity contribution in [2.24, 2.45) is 11.8 Å². The average molecular weight is 296 g/mol. The summed E-state index contributed by atoms with van der Waals surface area (Å²) in [5.41, 5.74) is 0.175. The SMILES string of the molecule is CCCNC1CCC(C(C)C)CC1N1CCOCC1(C)C. The first-order valence-corrected chi connectivity index (χ1v) is 9.03. The van der Waals surface area contributed by atoms with E-state index in [0.717, 1.165) is 38.1 Å². The van der Waals surface area contributed by atoms with E-state index in [1.165, 1.54) is 25.7 Å². The summed E-state index contributed by atoms with van der Waals surface area (Å²) in [6.07, 6.45) is 5.30. The first-order valence-electron chi connectivity index (χ1n) is 9.03. The van der Waals surface area contributed by atoms with Gasteiger partial charge in [0.15, 0.2) is 0 Å². The molecule has 3 atom stereocenters. The van der Waals surface area contributed by atoms with Crippen molar-refractivity contribution in [3.63, 3.8) is 0 Å². The maximum atomic E-state index is 5.73. The molecule has 0 aromatic rings. The van der Waals surface area contributed by atoms with Gasteiger partial charge in [-0.3, -0.25) is 4.90 Å². The van der Waals surface area contributed by atoms with Crippen LogP contribution in [0.15, 0.2) is 0 Å². The highest BCUT2D eigenvalue weighted by molar-refractivity contribution is 4.98. The molecule has 1 saturated heterocycles. The maximum absolute atomic E-state index is 5.73. The molecule has 2 rings (SSSR count). The summed E-state index contributed by atoms with van der Waals surface area (Å²) in [6.45, 7) is 15.8. The van der Waals surface area contributed by atoms with Gasteiger partial charge >= 0.3 is 0 Å². The fraction of sp³-hybridized carbons (Fsp3) is 1.00. The maximum Gasteiger partial charge on any atom is 0.0645 e. The van der Waals surface area contributed by atoms with Crippen molar-refractivity contribution >= 4 is 0 Å². The Morgan fingerprint density at radius 3 is 2.67 bits per heavy atom. The average Bonchev–Trinajstić information content (AvgIpc) is 2.44. The molecule has 1 aliphatic carbocycles. The number of hydrogen-bond acceptors (Lipinski definition) is 3. The van der Waals surface area contributed by atoms with Crippen LogP contribution in [0.3, 0.4) is 0 Å². The van der Waals surface area contributed by atoms with Crippen molar-refractivity contribution in [1.82, 2.24) is 10.2 Å². The summed E-state index contributed by atoms with van der Waals surface area (Å²) < 4.78 is 5.73. The van der Waals surface area contributed by atoms with Gasteiger partial charge in [-0.2, -0.15) is 0 Å². The lowest BCUT2D eigenvalue weighted by atomic mass is 9.75. The summed E-state index contributed by atoms with van der Waals surface area (Å²) in [5, 5.41) is 3.83. The van der Waals surface area contributed by atoms with Gasteiger partial charge in [0.25, 0.3) is 0 Å². The molecule has 1 N–H and O–H groups in total. The van der Waals surface area contributed by atoms with Crippen LogP contribution in [-0.4, -0.2) is 48.8 Å². The summed E-state index contributed by atoms with van der Waals surface area (Å²) >= 11 is 0. The molecule has 124 valence electrons. The van der Waals surface area contributed by atoms with Crippen molar-refractivity contribution in [3.8, 4) is 0 Å². The summed E-state index contributed by atoms with van der Waals surface area (Å²) in [5.74, 6) is 1.69. The molecule has 3 unspecified atom stereocenters. The normalized spacial score (nSPS) is 34.3. The van der Waals surface area contributed by atoms with E-state index < -0.39 is 0 Å². The van der Waals surface area contributed by atoms with Crippen LogP contribution in [0.2, 0.25) is 0 Å². The van der Waals surface area contributed by atoms with Gasteiger partial charge in [-0.15, -0.1) is 0 Å². The fourth-order valence-electron chi connectivity index (χ4n) is 4.18. The third kappa shape index (κ3) is 4.20. The van der Waals surface area contributed by atoms with Gasteiger partial charge in [0.05, 0.1) is 13.2 Å². The van der Waals surface area contributed by atoms with Crippen LogP contribution in [0.4, 0.5) is 0 Å². The molecule has 3 nitrogen and oxygen atoms in total. The molecule has 0 aromatic heterocycles. The van der Waals surface area contributed by atoms with Crippen molar-refractivity contribution in [3.05, 3.63) is 0 Å². The molecule has 21 heavy (non-hydrogen) atoms. The molecule has 0 bridgehead atoms. The Balaban J connectivity index is 2.11. The molecule has 0 radical (unpaired) electrons. The second kappa shape index (κ2) is 7.43. The van der Waals surface area contributed by atoms with Crippen molar-refractivity contribution in [2.75, 3.05) is 26.3 Å². The molecular weight excluding hydrogens is 260 g/mol. The fourth-order valence-corrected chi connectivity index (χ4v) is 4.18. The quantitative estimate of drug-likeness (QED) is 0.842. The second-order valence-corrected chi connectivity index (χ2v) is 8.00. The Bertz CT molecular complexity index is 316. The monoisotopic (exact) mass is 296 g/mol. The Labute approximate surface area is 131 Å². The Morgan fingerprint density at radius 1 is 1.29 bits per heavy atom. The van der Waals surface area contributed by atoms with Crippen LogP contribution in [0, 0.1) is 11.8 Å². The Morgan fingerprint density at radius 2 is 2.05 bits per heavy atom. The van der Waals surface area contributed by atoms with E-state index in [0.29, 0.717) is 12.1 Å². The smallest absolute Gasteiger partial charge is 0.0645 e. The lowest BCUT2D eigenvalue weighted by Crippen LogP contribution is -2.63. The van der Waals surface area contributed by atoms with Gasteiger partial charge in [-0.1, -0.05) is 20.8 Å². The van der Waals surface area contributed by atoms with E-state index in [1.54, 1.807) is 0 Å². The molecule has 3 heteroatoms. The van der Waals surface area contributed by atoms with Gasteiger partial charge in [0.1, 0.15) is 0 Å². The van der Waals surface area contributed by atoms with Crippen LogP contribution in [0.5, 0.6) is 0 Å². The Hall–Kier alpha value is -0.120. The molecule has 2 fully saturated rings. The molecule has 0 spiro atoms. The van der Waals surface area contributed by atoms with E-state index in [4.69, 9.17) is 4.74 Å². The van der Waals surface area contributed by atoms with E-state index in [9.17, 15) is 0 Å². The predicted octanol–water partition coefficient (Wildman–Crippen LogP) is 3.29. The zero-order chi connectivity index (χ0) is 15.5. The number of nitrogens with one attached hydrogen (secondary N) is 1. The predicted molar refractivity (Wildman–Crippen MR) is 89.7 cm³/mol. The number of hydrogen-bond donors (Lipinski definition) is 1. The van der Waals surface area contributed by atoms with E-state index in [1.807, 2.05) is 0 Å². The zero-order valence-corrected chi connectivity index (χ0v) is 14.8. The van der Waals surface area contributed by atoms with Crippen molar-refractivity contribution < 1.29 is 4.74 Å². The molecule has 2 aliphatic rings. The van der Waals surface area contributed by atoms with Crippen molar-refractivity contribution in [2.45, 2.75) is 77.9 Å². The minimum atomic E-state index is 0.175. The highest BCUT2D eigenvalue weighted by Crippen LogP contribution is 2.36. The van der Waals surface area contributed by atoms with Gasteiger partial charge < -0.3 is 10.1 Å². The van der Waals surface area contributed by atoms with Gasteiger partial charge in [0, 0.05) is 24.2 Å².